The van der Waals surface area contributed by atoms with Gasteiger partial charge in [0.1, 0.15) is 12.6 Å². The first-order valence-corrected chi connectivity index (χ1v) is 10.9. The van der Waals surface area contributed by atoms with Crippen molar-refractivity contribution in [3.8, 4) is 0 Å². The SMILES string of the molecule is COC(=O)[C@H](Cc1ccccc1C)NC(=O)CCCCCNC(=O)OCc1ccccc1. The smallest absolute Gasteiger partial charge is 0.407 e. The van der Waals surface area contributed by atoms with Crippen LogP contribution in [0.1, 0.15) is 42.4 Å². The van der Waals surface area contributed by atoms with Gasteiger partial charge >= 0.3 is 12.1 Å². The van der Waals surface area contributed by atoms with E-state index in [1.54, 1.807) is 0 Å². The molecule has 0 saturated carbocycles. The summed E-state index contributed by atoms with van der Waals surface area (Å²) in [6.07, 6.45) is 2.40. The highest BCUT2D eigenvalue weighted by atomic mass is 16.5. The average molecular weight is 441 g/mol. The Hall–Kier alpha value is -3.35. The molecule has 7 heteroatoms. The van der Waals surface area contributed by atoms with E-state index in [2.05, 4.69) is 10.6 Å². The minimum absolute atomic E-state index is 0.191. The molecule has 0 unspecified atom stereocenters. The Bertz CT molecular complexity index is 870. The van der Waals surface area contributed by atoms with Crippen LogP contribution in [-0.4, -0.2) is 37.7 Å². The second kappa shape index (κ2) is 13.9. The lowest BCUT2D eigenvalue weighted by atomic mass is 10.0. The fourth-order valence-electron chi connectivity index (χ4n) is 3.21. The number of ether oxygens (including phenoxy) is 2. The van der Waals surface area contributed by atoms with Crippen molar-refractivity contribution in [2.45, 2.75) is 51.7 Å². The van der Waals surface area contributed by atoms with Crippen molar-refractivity contribution in [2.75, 3.05) is 13.7 Å². The maximum atomic E-state index is 12.3. The highest BCUT2D eigenvalue weighted by molar-refractivity contribution is 5.84. The normalized spacial score (nSPS) is 11.3. The summed E-state index contributed by atoms with van der Waals surface area (Å²) in [5, 5.41) is 5.49. The summed E-state index contributed by atoms with van der Waals surface area (Å²) in [7, 11) is 1.32. The second-order valence-corrected chi connectivity index (χ2v) is 7.57. The van der Waals surface area contributed by atoms with E-state index in [1.807, 2.05) is 61.5 Å². The van der Waals surface area contributed by atoms with Crippen LogP contribution in [0.2, 0.25) is 0 Å². The third-order valence-corrected chi connectivity index (χ3v) is 5.07. The number of rotatable bonds is 12. The molecule has 0 aliphatic heterocycles. The molecule has 0 aliphatic rings. The molecular weight excluding hydrogens is 408 g/mol. The van der Waals surface area contributed by atoms with E-state index < -0.39 is 18.1 Å². The molecule has 32 heavy (non-hydrogen) atoms. The fourth-order valence-corrected chi connectivity index (χ4v) is 3.21. The molecule has 0 radical (unpaired) electrons. The molecule has 0 heterocycles. The molecule has 0 aliphatic carbocycles. The van der Waals surface area contributed by atoms with Gasteiger partial charge < -0.3 is 20.1 Å². The van der Waals surface area contributed by atoms with Crippen molar-refractivity contribution in [3.63, 3.8) is 0 Å². The van der Waals surface area contributed by atoms with E-state index in [9.17, 15) is 14.4 Å². The van der Waals surface area contributed by atoms with Gasteiger partial charge in [0, 0.05) is 19.4 Å². The molecule has 2 rings (SSSR count). The van der Waals surface area contributed by atoms with E-state index >= 15 is 0 Å². The predicted molar refractivity (Wildman–Crippen MR) is 122 cm³/mol. The number of unbranched alkanes of at least 4 members (excludes halogenated alkanes) is 2. The van der Waals surface area contributed by atoms with Crippen LogP contribution in [0.15, 0.2) is 54.6 Å². The first-order valence-electron chi connectivity index (χ1n) is 10.9. The first-order chi connectivity index (χ1) is 15.5. The molecule has 0 bridgehead atoms. The van der Waals surface area contributed by atoms with Crippen LogP contribution in [0.3, 0.4) is 0 Å². The van der Waals surface area contributed by atoms with Gasteiger partial charge in [0.15, 0.2) is 0 Å². The number of esters is 1. The minimum Gasteiger partial charge on any atom is -0.467 e. The number of hydrogen-bond acceptors (Lipinski definition) is 5. The van der Waals surface area contributed by atoms with Crippen molar-refractivity contribution in [2.24, 2.45) is 0 Å². The monoisotopic (exact) mass is 440 g/mol. The van der Waals surface area contributed by atoms with Crippen molar-refractivity contribution in [1.29, 1.82) is 0 Å². The summed E-state index contributed by atoms with van der Waals surface area (Å²) in [4.78, 5) is 36.1. The van der Waals surface area contributed by atoms with E-state index in [0.717, 1.165) is 29.5 Å². The van der Waals surface area contributed by atoms with E-state index in [-0.39, 0.29) is 12.5 Å². The molecule has 2 N–H and O–H groups in total. The molecule has 2 aromatic rings. The topological polar surface area (TPSA) is 93.7 Å². The molecule has 1 atom stereocenters. The number of alkyl carbamates (subject to hydrolysis) is 1. The number of carbonyl (C=O) groups excluding carboxylic acids is 3. The maximum Gasteiger partial charge on any atom is 0.407 e. The summed E-state index contributed by atoms with van der Waals surface area (Å²) in [6.45, 7) is 2.68. The Balaban J connectivity index is 1.62. The van der Waals surface area contributed by atoms with Crippen LogP contribution in [0.5, 0.6) is 0 Å². The van der Waals surface area contributed by atoms with Crippen LogP contribution in [0.25, 0.3) is 0 Å². The van der Waals surface area contributed by atoms with Gasteiger partial charge in [0.25, 0.3) is 0 Å². The number of methoxy groups -OCH3 is 1. The van der Waals surface area contributed by atoms with Gasteiger partial charge in [-0.25, -0.2) is 9.59 Å². The quantitative estimate of drug-likeness (QED) is 0.388. The first kappa shape index (κ1) is 24.9. The lowest BCUT2D eigenvalue weighted by Crippen LogP contribution is -2.43. The molecule has 7 nitrogen and oxygen atoms in total. The minimum atomic E-state index is -0.713. The third-order valence-electron chi connectivity index (χ3n) is 5.07. The van der Waals surface area contributed by atoms with E-state index in [0.29, 0.717) is 25.8 Å². The van der Waals surface area contributed by atoms with E-state index in [4.69, 9.17) is 9.47 Å². The fraction of sp³-hybridized carbons (Fsp3) is 0.400. The van der Waals surface area contributed by atoms with Crippen LogP contribution in [0.4, 0.5) is 4.79 Å². The van der Waals surface area contributed by atoms with Crippen LogP contribution >= 0.6 is 0 Å². The van der Waals surface area contributed by atoms with Crippen molar-refractivity contribution >= 4 is 18.0 Å². The van der Waals surface area contributed by atoms with Crippen LogP contribution < -0.4 is 10.6 Å². The Morgan fingerprint density at radius 2 is 1.66 bits per heavy atom. The number of hydrogen-bond donors (Lipinski definition) is 2. The zero-order valence-electron chi connectivity index (χ0n) is 18.8. The summed E-state index contributed by atoms with van der Waals surface area (Å²) in [6, 6.07) is 16.5. The van der Waals surface area contributed by atoms with Gasteiger partial charge in [-0.2, -0.15) is 0 Å². The number of benzene rings is 2. The van der Waals surface area contributed by atoms with E-state index in [1.165, 1.54) is 7.11 Å². The number of aryl methyl sites for hydroxylation is 1. The maximum absolute atomic E-state index is 12.3. The lowest BCUT2D eigenvalue weighted by Gasteiger charge is -2.17. The highest BCUT2D eigenvalue weighted by Gasteiger charge is 2.22. The highest BCUT2D eigenvalue weighted by Crippen LogP contribution is 2.11. The summed E-state index contributed by atoms with van der Waals surface area (Å²) in [5.41, 5.74) is 2.99. The zero-order chi connectivity index (χ0) is 23.2. The molecule has 172 valence electrons. The summed E-state index contributed by atoms with van der Waals surface area (Å²) >= 11 is 0. The van der Waals surface area contributed by atoms with Gasteiger partial charge in [0.05, 0.1) is 7.11 Å². The van der Waals surface area contributed by atoms with Gasteiger partial charge in [-0.1, -0.05) is 61.0 Å². The van der Waals surface area contributed by atoms with Crippen LogP contribution in [-0.2, 0) is 32.1 Å². The van der Waals surface area contributed by atoms with Gasteiger partial charge in [0.2, 0.25) is 5.91 Å². The molecular formula is C25H32N2O5. The second-order valence-electron chi connectivity index (χ2n) is 7.57. The molecule has 0 fully saturated rings. The number of carbonyl (C=O) groups is 3. The molecule has 2 aromatic carbocycles. The molecule has 0 aromatic heterocycles. The largest absolute Gasteiger partial charge is 0.467 e. The third kappa shape index (κ3) is 9.20. The number of nitrogens with one attached hydrogen (secondary N) is 2. The summed E-state index contributed by atoms with van der Waals surface area (Å²) in [5.74, 6) is -0.649. The van der Waals surface area contributed by atoms with Gasteiger partial charge in [-0.15, -0.1) is 0 Å². The van der Waals surface area contributed by atoms with Gasteiger partial charge in [-0.05, 0) is 36.5 Å². The Labute approximate surface area is 189 Å². The molecule has 0 saturated heterocycles. The zero-order valence-corrected chi connectivity index (χ0v) is 18.8. The molecule has 2 amide bonds. The van der Waals surface area contributed by atoms with Crippen molar-refractivity contribution in [1.82, 2.24) is 10.6 Å². The molecule has 0 spiro atoms. The standard InChI is InChI=1S/C25H32N2O5/c1-19-11-8-9-14-21(19)17-22(24(29)31-2)27-23(28)15-7-4-10-16-26-25(30)32-18-20-12-5-3-6-13-20/h3,5-6,8-9,11-14,22H,4,7,10,15-18H2,1-2H3,(H,26,30)(H,27,28)/t22-/m0/s1. The summed E-state index contributed by atoms with van der Waals surface area (Å²) < 4.78 is 10.00. The van der Waals surface area contributed by atoms with Crippen molar-refractivity contribution < 1.29 is 23.9 Å². The van der Waals surface area contributed by atoms with Crippen LogP contribution in [0, 0.1) is 6.92 Å². The Kier molecular flexibility index (Phi) is 10.8. The Morgan fingerprint density at radius 1 is 0.938 bits per heavy atom. The van der Waals surface area contributed by atoms with Gasteiger partial charge in [-0.3, -0.25) is 4.79 Å². The number of amides is 2. The lowest BCUT2D eigenvalue weighted by molar-refractivity contribution is -0.145. The predicted octanol–water partition coefficient (Wildman–Crippen LogP) is 3.68. The van der Waals surface area contributed by atoms with Crippen molar-refractivity contribution in [3.05, 3.63) is 71.3 Å². The Morgan fingerprint density at radius 3 is 2.38 bits per heavy atom. The average Bonchev–Trinajstić information content (AvgIpc) is 2.81.